The predicted octanol–water partition coefficient (Wildman–Crippen LogP) is 4.07. The third-order valence-electron chi connectivity index (χ3n) is 5.62. The second-order valence-corrected chi connectivity index (χ2v) is 7.52. The molecule has 1 aromatic heterocycles. The van der Waals surface area contributed by atoms with Crippen LogP contribution >= 0.6 is 0 Å². The smallest absolute Gasteiger partial charge is 0.223 e. The Balaban J connectivity index is 1.34. The number of para-hydroxylation sites is 1. The van der Waals surface area contributed by atoms with Crippen molar-refractivity contribution in [1.29, 1.82) is 0 Å². The average molecular weight is 361 g/mol. The van der Waals surface area contributed by atoms with Crippen LogP contribution in [0.1, 0.15) is 23.1 Å². The maximum absolute atomic E-state index is 12.7. The fourth-order valence-electron chi connectivity index (χ4n) is 4.00. The fraction of sp³-hybridized carbons (Fsp3) is 0.348. The first-order valence-electron chi connectivity index (χ1n) is 9.77. The quantitative estimate of drug-likeness (QED) is 0.761. The maximum atomic E-state index is 12.7. The molecule has 1 aliphatic rings. The lowest BCUT2D eigenvalue weighted by Gasteiger charge is -2.37. The molecular weight excluding hydrogens is 334 g/mol. The first kappa shape index (κ1) is 17.7. The van der Waals surface area contributed by atoms with Gasteiger partial charge in [-0.1, -0.05) is 30.3 Å². The normalized spacial score (nSPS) is 14.7. The monoisotopic (exact) mass is 361 g/mol. The van der Waals surface area contributed by atoms with Gasteiger partial charge >= 0.3 is 0 Å². The third kappa shape index (κ3) is 3.70. The number of H-pyrrole nitrogens is 1. The zero-order chi connectivity index (χ0) is 18.8. The number of carbonyl (C=O) groups excluding carboxylic acids is 1. The minimum Gasteiger partial charge on any atom is -0.368 e. The number of carbonyl (C=O) groups is 1. The molecular formula is C23H27N3O. The Hall–Kier alpha value is -2.75. The number of aryl methyl sites for hydroxylation is 3. The van der Waals surface area contributed by atoms with Crippen molar-refractivity contribution in [3.8, 4) is 0 Å². The topological polar surface area (TPSA) is 39.3 Å². The SMILES string of the molecule is Cc1ccc(C)c(N2CCN(C(=O)CCc3c[nH]c4ccccc34)CC2)c1. The third-order valence-corrected chi connectivity index (χ3v) is 5.62. The number of nitrogens with one attached hydrogen (secondary N) is 1. The Morgan fingerprint density at radius 1 is 1.04 bits per heavy atom. The molecule has 0 bridgehead atoms. The van der Waals surface area contributed by atoms with E-state index in [0.29, 0.717) is 6.42 Å². The van der Waals surface area contributed by atoms with E-state index in [0.717, 1.165) is 38.1 Å². The maximum Gasteiger partial charge on any atom is 0.223 e. The molecule has 0 atom stereocenters. The van der Waals surface area contributed by atoms with E-state index in [1.165, 1.54) is 27.8 Å². The second-order valence-electron chi connectivity index (χ2n) is 7.52. The van der Waals surface area contributed by atoms with E-state index >= 15 is 0 Å². The van der Waals surface area contributed by atoms with Crippen molar-refractivity contribution in [2.45, 2.75) is 26.7 Å². The van der Waals surface area contributed by atoms with Crippen molar-refractivity contribution in [2.24, 2.45) is 0 Å². The van der Waals surface area contributed by atoms with E-state index in [-0.39, 0.29) is 5.91 Å². The second kappa shape index (κ2) is 7.47. The number of benzene rings is 2. The molecule has 27 heavy (non-hydrogen) atoms. The Morgan fingerprint density at radius 2 is 1.81 bits per heavy atom. The van der Waals surface area contributed by atoms with Crippen molar-refractivity contribution in [1.82, 2.24) is 9.88 Å². The number of fused-ring (bicyclic) bond motifs is 1. The minimum absolute atomic E-state index is 0.265. The van der Waals surface area contributed by atoms with Crippen molar-refractivity contribution >= 4 is 22.5 Å². The number of amides is 1. The molecule has 4 heteroatoms. The molecule has 4 rings (SSSR count). The molecule has 2 aromatic carbocycles. The van der Waals surface area contributed by atoms with Gasteiger partial charge in [0.25, 0.3) is 0 Å². The minimum atomic E-state index is 0.265. The van der Waals surface area contributed by atoms with Crippen LogP contribution in [0, 0.1) is 13.8 Å². The number of piperazine rings is 1. The number of anilines is 1. The van der Waals surface area contributed by atoms with Crippen LogP contribution in [-0.2, 0) is 11.2 Å². The standard InChI is InChI=1S/C23H27N3O/c1-17-7-8-18(2)22(15-17)25-11-13-26(14-12-25)23(27)10-9-19-16-24-21-6-4-3-5-20(19)21/h3-8,15-16,24H,9-14H2,1-2H3. The molecule has 1 saturated heterocycles. The number of nitrogens with zero attached hydrogens (tertiary/aromatic N) is 2. The number of aromatic amines is 1. The highest BCUT2D eigenvalue weighted by atomic mass is 16.2. The first-order chi connectivity index (χ1) is 13.1. The Bertz CT molecular complexity index is 951. The summed E-state index contributed by atoms with van der Waals surface area (Å²) in [5.74, 6) is 0.265. The highest BCUT2D eigenvalue weighted by molar-refractivity contribution is 5.84. The number of hydrogen-bond donors (Lipinski definition) is 1. The molecule has 140 valence electrons. The van der Waals surface area contributed by atoms with E-state index in [2.05, 4.69) is 54.1 Å². The van der Waals surface area contributed by atoms with Gasteiger partial charge in [0, 0.05) is 55.4 Å². The number of hydrogen-bond acceptors (Lipinski definition) is 2. The van der Waals surface area contributed by atoms with E-state index in [1.807, 2.05) is 23.2 Å². The molecule has 0 aliphatic carbocycles. The van der Waals surface area contributed by atoms with E-state index in [1.54, 1.807) is 0 Å². The van der Waals surface area contributed by atoms with Gasteiger partial charge in [0.1, 0.15) is 0 Å². The number of rotatable bonds is 4. The summed E-state index contributed by atoms with van der Waals surface area (Å²) >= 11 is 0. The molecule has 0 saturated carbocycles. The summed E-state index contributed by atoms with van der Waals surface area (Å²) in [6.45, 7) is 7.72. The van der Waals surface area contributed by atoms with Gasteiger partial charge in [0.15, 0.2) is 0 Å². The van der Waals surface area contributed by atoms with Gasteiger partial charge in [0.05, 0.1) is 0 Å². The highest BCUT2D eigenvalue weighted by Gasteiger charge is 2.22. The van der Waals surface area contributed by atoms with Crippen LogP contribution in [0.2, 0.25) is 0 Å². The lowest BCUT2D eigenvalue weighted by Crippen LogP contribution is -2.49. The van der Waals surface area contributed by atoms with Crippen molar-refractivity contribution < 1.29 is 4.79 Å². The Morgan fingerprint density at radius 3 is 2.63 bits per heavy atom. The van der Waals surface area contributed by atoms with Gasteiger partial charge < -0.3 is 14.8 Å². The van der Waals surface area contributed by atoms with Gasteiger partial charge in [-0.05, 0) is 49.1 Å². The summed E-state index contributed by atoms with van der Waals surface area (Å²) < 4.78 is 0. The van der Waals surface area contributed by atoms with Crippen molar-refractivity contribution in [3.05, 3.63) is 65.4 Å². The molecule has 1 N–H and O–H groups in total. The van der Waals surface area contributed by atoms with E-state index < -0.39 is 0 Å². The summed E-state index contributed by atoms with van der Waals surface area (Å²) in [7, 11) is 0. The summed E-state index contributed by atoms with van der Waals surface area (Å²) in [6, 6.07) is 14.9. The van der Waals surface area contributed by atoms with Crippen LogP contribution in [0.5, 0.6) is 0 Å². The zero-order valence-corrected chi connectivity index (χ0v) is 16.2. The highest BCUT2D eigenvalue weighted by Crippen LogP contribution is 2.23. The molecule has 4 nitrogen and oxygen atoms in total. The van der Waals surface area contributed by atoms with Gasteiger partial charge in [-0.25, -0.2) is 0 Å². The fourth-order valence-corrected chi connectivity index (χ4v) is 4.00. The van der Waals surface area contributed by atoms with Crippen LogP contribution in [-0.4, -0.2) is 42.0 Å². The Kier molecular flexibility index (Phi) is 4.88. The van der Waals surface area contributed by atoms with Crippen molar-refractivity contribution in [3.63, 3.8) is 0 Å². The summed E-state index contributed by atoms with van der Waals surface area (Å²) in [4.78, 5) is 20.4. The summed E-state index contributed by atoms with van der Waals surface area (Å²) in [5.41, 5.74) is 6.27. The zero-order valence-electron chi connectivity index (χ0n) is 16.2. The molecule has 0 radical (unpaired) electrons. The molecule has 1 fully saturated rings. The Labute approximate surface area is 160 Å². The first-order valence-corrected chi connectivity index (χ1v) is 9.77. The van der Waals surface area contributed by atoms with Gasteiger partial charge in [-0.2, -0.15) is 0 Å². The summed E-state index contributed by atoms with van der Waals surface area (Å²) in [6.07, 6.45) is 3.40. The largest absolute Gasteiger partial charge is 0.368 e. The molecule has 2 heterocycles. The van der Waals surface area contributed by atoms with Gasteiger partial charge in [-0.3, -0.25) is 4.79 Å². The molecule has 1 aliphatic heterocycles. The average Bonchev–Trinajstić information content (AvgIpc) is 3.11. The van der Waals surface area contributed by atoms with Crippen molar-refractivity contribution in [2.75, 3.05) is 31.1 Å². The predicted molar refractivity (Wildman–Crippen MR) is 111 cm³/mol. The van der Waals surface area contributed by atoms with Crippen LogP contribution in [0.4, 0.5) is 5.69 Å². The summed E-state index contributed by atoms with van der Waals surface area (Å²) in [5, 5.41) is 1.23. The van der Waals surface area contributed by atoms with Crippen LogP contribution in [0.15, 0.2) is 48.7 Å². The molecule has 1 amide bonds. The number of aromatic nitrogens is 1. The lowest BCUT2D eigenvalue weighted by atomic mass is 10.1. The lowest BCUT2D eigenvalue weighted by molar-refractivity contribution is -0.131. The van der Waals surface area contributed by atoms with E-state index in [9.17, 15) is 4.79 Å². The van der Waals surface area contributed by atoms with Crippen LogP contribution < -0.4 is 4.90 Å². The van der Waals surface area contributed by atoms with Crippen LogP contribution in [0.3, 0.4) is 0 Å². The van der Waals surface area contributed by atoms with Gasteiger partial charge in [0.2, 0.25) is 5.91 Å². The molecule has 0 spiro atoms. The van der Waals surface area contributed by atoms with Crippen LogP contribution in [0.25, 0.3) is 10.9 Å². The molecule has 0 unspecified atom stereocenters. The van der Waals surface area contributed by atoms with Gasteiger partial charge in [-0.15, -0.1) is 0 Å². The molecule has 3 aromatic rings. The van der Waals surface area contributed by atoms with E-state index in [4.69, 9.17) is 0 Å².